The molecule has 0 aliphatic carbocycles. The molecule has 0 amide bonds. The van der Waals surface area contributed by atoms with Gasteiger partial charge in [-0.25, -0.2) is 0 Å². The van der Waals surface area contributed by atoms with E-state index in [-0.39, 0.29) is 0 Å². The molecule has 0 spiro atoms. The molecule has 5 heteroatoms. The number of rotatable bonds is 2. The van der Waals surface area contributed by atoms with E-state index in [4.69, 9.17) is 21.1 Å². The van der Waals surface area contributed by atoms with Gasteiger partial charge in [-0.2, -0.15) is 0 Å². The first-order valence-corrected chi connectivity index (χ1v) is 6.22. The number of nitrogens with one attached hydrogen (secondary N) is 1. The topological polar surface area (TPSA) is 35.4 Å². The second-order valence-corrected chi connectivity index (χ2v) is 4.80. The summed E-state index contributed by atoms with van der Waals surface area (Å²) in [6.45, 7) is 0.890. The maximum absolute atomic E-state index is 6.41. The Labute approximate surface area is 110 Å². The number of ether oxygens (including phenoxy) is 2. The van der Waals surface area contributed by atoms with Crippen molar-refractivity contribution in [3.8, 4) is 11.5 Å². The summed E-state index contributed by atoms with van der Waals surface area (Å²) < 4.78 is 13.0. The molecule has 1 aromatic carbocycles. The highest BCUT2D eigenvalue weighted by Gasteiger charge is 2.26. The fourth-order valence-electron chi connectivity index (χ4n) is 2.72. The molecule has 3 rings (SSSR count). The maximum Gasteiger partial charge on any atom is 0.186 e. The van der Waals surface area contributed by atoms with Crippen LogP contribution in [0.4, 0.5) is 5.69 Å². The van der Waals surface area contributed by atoms with Crippen molar-refractivity contribution in [2.75, 3.05) is 26.1 Å². The van der Waals surface area contributed by atoms with Crippen molar-refractivity contribution in [2.45, 2.75) is 6.42 Å². The molecule has 0 saturated carbocycles. The summed E-state index contributed by atoms with van der Waals surface area (Å²) in [6.07, 6.45) is 3.13. The van der Waals surface area contributed by atoms with Gasteiger partial charge in [-0.1, -0.05) is 11.6 Å². The minimum atomic E-state index is 0.587. The minimum Gasteiger partial charge on any atom is -0.491 e. The average Bonchev–Trinajstić information content (AvgIpc) is 2.71. The fraction of sp³-hybridized carbons (Fsp3) is 0.385. The van der Waals surface area contributed by atoms with Crippen molar-refractivity contribution in [3.63, 3.8) is 0 Å². The van der Waals surface area contributed by atoms with Gasteiger partial charge in [-0.3, -0.25) is 0 Å². The minimum absolute atomic E-state index is 0.587. The van der Waals surface area contributed by atoms with Gasteiger partial charge in [0.1, 0.15) is 5.02 Å². The molecule has 0 unspecified atom stereocenters. The van der Waals surface area contributed by atoms with Crippen molar-refractivity contribution >= 4 is 28.2 Å². The number of benzene rings is 1. The number of halogens is 1. The molecule has 4 nitrogen and oxygen atoms in total. The maximum atomic E-state index is 6.41. The monoisotopic (exact) mass is 266 g/mol. The first-order chi connectivity index (χ1) is 8.69. The molecule has 0 radical (unpaired) electrons. The molecular weight excluding hydrogens is 252 g/mol. The summed E-state index contributed by atoms with van der Waals surface area (Å²) in [5.74, 6) is 1.28. The lowest BCUT2D eigenvalue weighted by molar-refractivity contribution is 0.358. The fourth-order valence-corrected chi connectivity index (χ4v) is 3.05. The summed E-state index contributed by atoms with van der Waals surface area (Å²) in [7, 11) is 5.25. The molecule has 0 atom stereocenters. The zero-order valence-electron chi connectivity index (χ0n) is 10.6. The third kappa shape index (κ3) is 1.32. The van der Waals surface area contributed by atoms with Crippen molar-refractivity contribution < 1.29 is 9.47 Å². The van der Waals surface area contributed by atoms with E-state index in [0.29, 0.717) is 16.5 Å². The molecule has 2 aromatic rings. The Morgan fingerprint density at radius 1 is 1.28 bits per heavy atom. The van der Waals surface area contributed by atoms with Crippen LogP contribution < -0.4 is 14.8 Å². The Hall–Kier alpha value is -1.55. The molecule has 0 bridgehead atoms. The second kappa shape index (κ2) is 3.99. The number of anilines is 1. The van der Waals surface area contributed by atoms with Gasteiger partial charge in [-0.15, -0.1) is 0 Å². The SMILES string of the molecule is COc1c(Cl)c2c3c(cn(C)c3c1OC)CCN2. The second-order valence-electron chi connectivity index (χ2n) is 4.42. The van der Waals surface area contributed by atoms with Crippen molar-refractivity contribution in [1.82, 2.24) is 4.57 Å². The van der Waals surface area contributed by atoms with Gasteiger partial charge in [0.05, 0.1) is 25.4 Å². The molecule has 18 heavy (non-hydrogen) atoms. The number of methoxy groups -OCH3 is 2. The molecule has 0 saturated heterocycles. The predicted octanol–water partition coefficient (Wildman–Crippen LogP) is 2.82. The summed E-state index contributed by atoms with van der Waals surface area (Å²) in [4.78, 5) is 0. The van der Waals surface area contributed by atoms with Gasteiger partial charge in [-0.05, 0) is 12.0 Å². The molecule has 1 aromatic heterocycles. The molecule has 96 valence electrons. The quantitative estimate of drug-likeness (QED) is 0.908. The third-order valence-corrected chi connectivity index (χ3v) is 3.82. The van der Waals surface area contributed by atoms with Crippen molar-refractivity contribution in [1.29, 1.82) is 0 Å². The molecule has 0 fully saturated rings. The van der Waals surface area contributed by atoms with Gasteiger partial charge in [0, 0.05) is 25.2 Å². The highest BCUT2D eigenvalue weighted by atomic mass is 35.5. The van der Waals surface area contributed by atoms with E-state index in [2.05, 4.69) is 16.1 Å². The van der Waals surface area contributed by atoms with Gasteiger partial charge < -0.3 is 19.4 Å². The third-order valence-electron chi connectivity index (χ3n) is 3.45. The number of aromatic nitrogens is 1. The lowest BCUT2D eigenvalue weighted by Crippen LogP contribution is -2.11. The lowest BCUT2D eigenvalue weighted by atomic mass is 10.0. The molecule has 1 aliphatic heterocycles. The van der Waals surface area contributed by atoms with Crippen LogP contribution in [0.15, 0.2) is 6.20 Å². The Morgan fingerprint density at radius 3 is 2.67 bits per heavy atom. The molecular formula is C13H15ClN2O2. The van der Waals surface area contributed by atoms with E-state index in [0.717, 1.165) is 29.6 Å². The summed E-state index contributed by atoms with van der Waals surface area (Å²) >= 11 is 6.41. The van der Waals surface area contributed by atoms with Crippen LogP contribution >= 0.6 is 11.6 Å². The number of hydrogen-bond acceptors (Lipinski definition) is 3. The summed E-state index contributed by atoms with van der Waals surface area (Å²) in [5, 5.41) is 5.09. The van der Waals surface area contributed by atoms with Crippen LogP contribution in [0.3, 0.4) is 0 Å². The predicted molar refractivity (Wildman–Crippen MR) is 73.2 cm³/mol. The van der Waals surface area contributed by atoms with Crippen LogP contribution in [0, 0.1) is 0 Å². The zero-order chi connectivity index (χ0) is 12.9. The van der Waals surface area contributed by atoms with E-state index in [1.807, 2.05) is 7.05 Å². The van der Waals surface area contributed by atoms with E-state index in [9.17, 15) is 0 Å². The van der Waals surface area contributed by atoms with Crippen LogP contribution in [0.2, 0.25) is 5.02 Å². The molecule has 1 aliphatic rings. The Balaban J connectivity index is 2.52. The van der Waals surface area contributed by atoms with Crippen LogP contribution in [-0.4, -0.2) is 25.3 Å². The van der Waals surface area contributed by atoms with E-state index in [1.165, 1.54) is 5.56 Å². The van der Waals surface area contributed by atoms with Crippen LogP contribution in [-0.2, 0) is 13.5 Å². The van der Waals surface area contributed by atoms with E-state index < -0.39 is 0 Å². The first-order valence-electron chi connectivity index (χ1n) is 5.84. The van der Waals surface area contributed by atoms with Crippen LogP contribution in [0.5, 0.6) is 11.5 Å². The van der Waals surface area contributed by atoms with Crippen molar-refractivity contribution in [2.24, 2.45) is 7.05 Å². The van der Waals surface area contributed by atoms with Crippen molar-refractivity contribution in [3.05, 3.63) is 16.8 Å². The highest BCUT2D eigenvalue weighted by Crippen LogP contribution is 2.49. The smallest absolute Gasteiger partial charge is 0.186 e. The van der Waals surface area contributed by atoms with Gasteiger partial charge in [0.25, 0.3) is 0 Å². The number of nitrogens with zero attached hydrogens (tertiary/aromatic N) is 1. The van der Waals surface area contributed by atoms with Gasteiger partial charge in [0.15, 0.2) is 11.5 Å². The Kier molecular flexibility index (Phi) is 2.55. The van der Waals surface area contributed by atoms with Crippen LogP contribution in [0.1, 0.15) is 5.56 Å². The molecule has 1 N–H and O–H groups in total. The Bertz CT molecular complexity index is 634. The summed E-state index contributed by atoms with van der Waals surface area (Å²) in [6, 6.07) is 0. The highest BCUT2D eigenvalue weighted by molar-refractivity contribution is 6.37. The zero-order valence-corrected chi connectivity index (χ0v) is 11.4. The first kappa shape index (κ1) is 11.5. The van der Waals surface area contributed by atoms with Crippen LogP contribution in [0.25, 0.3) is 10.9 Å². The lowest BCUT2D eigenvalue weighted by Gasteiger charge is -2.20. The Morgan fingerprint density at radius 2 is 2.00 bits per heavy atom. The largest absolute Gasteiger partial charge is 0.491 e. The standard InChI is InChI=1S/C13H15ClN2O2/c1-16-6-7-4-5-15-10-8(7)11(16)13(18-3)12(17-2)9(10)14/h6,15H,4-5H2,1-3H3. The normalized spacial score (nSPS) is 13.6. The number of aryl methyl sites for hydroxylation is 1. The van der Waals surface area contributed by atoms with E-state index in [1.54, 1.807) is 14.2 Å². The van der Waals surface area contributed by atoms with Gasteiger partial charge >= 0.3 is 0 Å². The average molecular weight is 267 g/mol. The van der Waals surface area contributed by atoms with Gasteiger partial charge in [0.2, 0.25) is 0 Å². The molecule has 2 heterocycles. The number of hydrogen-bond donors (Lipinski definition) is 1. The summed E-state index contributed by atoms with van der Waals surface area (Å²) in [5.41, 5.74) is 3.27. The van der Waals surface area contributed by atoms with E-state index >= 15 is 0 Å².